The molecule has 1 fully saturated rings. The molecule has 0 amide bonds. The molecule has 3 heteroatoms. The Morgan fingerprint density at radius 1 is 1.00 bits per heavy atom. The van der Waals surface area contributed by atoms with Crippen molar-refractivity contribution in [3.8, 4) is 0 Å². The Bertz CT molecular complexity index is 98.3. The van der Waals surface area contributed by atoms with Crippen LogP contribution in [0, 0.1) is 0 Å². The first-order chi connectivity index (χ1) is 5.38. The van der Waals surface area contributed by atoms with Gasteiger partial charge in [-0.2, -0.15) is 0 Å². The van der Waals surface area contributed by atoms with Gasteiger partial charge in [0.25, 0.3) is 0 Å². The largest absolute Gasteiger partial charge is 0.298 e. The van der Waals surface area contributed by atoms with E-state index >= 15 is 0 Å². The number of piperidine rings is 1. The van der Waals surface area contributed by atoms with Crippen molar-refractivity contribution >= 4 is 23.2 Å². The lowest BCUT2D eigenvalue weighted by atomic mass is 10.1. The monoisotopic (exact) mass is 195 g/mol. The van der Waals surface area contributed by atoms with Crippen molar-refractivity contribution < 1.29 is 0 Å². The van der Waals surface area contributed by atoms with E-state index in [0.29, 0.717) is 17.8 Å². The second kappa shape index (κ2) is 5.23. The molecular formula is C8H15Cl2N. The normalized spacial score (nSPS) is 21.0. The van der Waals surface area contributed by atoms with Gasteiger partial charge in [-0.25, -0.2) is 0 Å². The van der Waals surface area contributed by atoms with Gasteiger partial charge in [0.1, 0.15) is 0 Å². The number of rotatable bonds is 3. The van der Waals surface area contributed by atoms with Crippen LogP contribution in [0.1, 0.15) is 19.3 Å². The van der Waals surface area contributed by atoms with Crippen molar-refractivity contribution in [2.24, 2.45) is 0 Å². The minimum Gasteiger partial charge on any atom is -0.298 e. The van der Waals surface area contributed by atoms with Crippen LogP contribution in [0.3, 0.4) is 0 Å². The smallest absolute Gasteiger partial charge is 0.0391 e. The van der Waals surface area contributed by atoms with E-state index in [0.717, 1.165) is 0 Å². The van der Waals surface area contributed by atoms with Crippen molar-refractivity contribution in [3.63, 3.8) is 0 Å². The van der Waals surface area contributed by atoms with Crippen molar-refractivity contribution in [2.75, 3.05) is 24.8 Å². The first-order valence-electron chi connectivity index (χ1n) is 4.24. The first kappa shape index (κ1) is 9.63. The molecule has 0 spiro atoms. The van der Waals surface area contributed by atoms with Crippen LogP contribution < -0.4 is 0 Å². The molecule has 1 aliphatic rings. The Labute approximate surface area is 78.7 Å². The highest BCUT2D eigenvalue weighted by Crippen LogP contribution is 2.13. The van der Waals surface area contributed by atoms with Gasteiger partial charge in [0.15, 0.2) is 0 Å². The third-order valence-corrected chi connectivity index (χ3v) is 2.98. The summed E-state index contributed by atoms with van der Waals surface area (Å²) in [5, 5.41) is 0. The van der Waals surface area contributed by atoms with Gasteiger partial charge < -0.3 is 0 Å². The lowest BCUT2D eigenvalue weighted by molar-refractivity contribution is 0.189. The topological polar surface area (TPSA) is 3.24 Å². The summed E-state index contributed by atoms with van der Waals surface area (Å²) >= 11 is 11.5. The van der Waals surface area contributed by atoms with E-state index in [1.807, 2.05) is 0 Å². The average molecular weight is 196 g/mol. The number of alkyl halides is 2. The minimum absolute atomic E-state index is 0.402. The van der Waals surface area contributed by atoms with Gasteiger partial charge in [0.05, 0.1) is 0 Å². The first-order valence-corrected chi connectivity index (χ1v) is 5.31. The number of halogens is 2. The molecule has 0 N–H and O–H groups in total. The summed E-state index contributed by atoms with van der Waals surface area (Å²) in [6.45, 7) is 2.37. The third kappa shape index (κ3) is 2.81. The molecule has 0 aliphatic carbocycles. The number of hydrogen-bond donors (Lipinski definition) is 0. The Morgan fingerprint density at radius 2 is 1.55 bits per heavy atom. The van der Waals surface area contributed by atoms with Crippen molar-refractivity contribution in [1.82, 2.24) is 4.90 Å². The van der Waals surface area contributed by atoms with Gasteiger partial charge in [0.2, 0.25) is 0 Å². The van der Waals surface area contributed by atoms with Crippen molar-refractivity contribution in [2.45, 2.75) is 25.3 Å². The molecule has 1 rings (SSSR count). The van der Waals surface area contributed by atoms with Crippen LogP contribution in [0.15, 0.2) is 0 Å². The van der Waals surface area contributed by atoms with Crippen LogP contribution in [0.25, 0.3) is 0 Å². The zero-order chi connectivity index (χ0) is 8.10. The van der Waals surface area contributed by atoms with Crippen LogP contribution in [-0.2, 0) is 0 Å². The molecule has 0 atom stereocenters. The molecular weight excluding hydrogens is 181 g/mol. The van der Waals surface area contributed by atoms with E-state index in [1.54, 1.807) is 0 Å². The molecule has 1 aliphatic heterocycles. The maximum atomic E-state index is 5.77. The molecule has 11 heavy (non-hydrogen) atoms. The Balaban J connectivity index is 2.30. The van der Waals surface area contributed by atoms with E-state index in [4.69, 9.17) is 23.2 Å². The Morgan fingerprint density at radius 3 is 2.00 bits per heavy atom. The maximum absolute atomic E-state index is 5.77. The summed E-state index contributed by atoms with van der Waals surface area (Å²) in [5.41, 5.74) is 0. The van der Waals surface area contributed by atoms with Crippen molar-refractivity contribution in [3.05, 3.63) is 0 Å². The van der Waals surface area contributed by atoms with Crippen LogP contribution in [0.4, 0.5) is 0 Å². The molecule has 0 bridgehead atoms. The molecule has 0 aromatic heterocycles. The number of nitrogens with zero attached hydrogens (tertiary/aromatic N) is 1. The third-order valence-electron chi connectivity index (χ3n) is 2.26. The van der Waals surface area contributed by atoms with Gasteiger partial charge in [-0.1, -0.05) is 6.42 Å². The van der Waals surface area contributed by atoms with E-state index < -0.39 is 0 Å². The number of hydrogen-bond acceptors (Lipinski definition) is 1. The SMILES string of the molecule is ClCC(CCl)N1CCCCC1. The lowest BCUT2D eigenvalue weighted by Crippen LogP contribution is -2.41. The highest BCUT2D eigenvalue weighted by molar-refractivity contribution is 6.21. The quantitative estimate of drug-likeness (QED) is 0.626. The van der Waals surface area contributed by atoms with Crippen molar-refractivity contribution in [1.29, 1.82) is 0 Å². The predicted molar refractivity (Wildman–Crippen MR) is 50.7 cm³/mol. The summed E-state index contributed by atoms with van der Waals surface area (Å²) in [5.74, 6) is 1.34. The molecule has 1 nitrogen and oxygen atoms in total. The molecule has 1 saturated heterocycles. The van der Waals surface area contributed by atoms with Crippen LogP contribution in [0.5, 0.6) is 0 Å². The summed E-state index contributed by atoms with van der Waals surface area (Å²) in [7, 11) is 0. The van der Waals surface area contributed by atoms with Gasteiger partial charge in [-0.15, -0.1) is 23.2 Å². The fraction of sp³-hybridized carbons (Fsp3) is 1.00. The summed E-state index contributed by atoms with van der Waals surface area (Å²) < 4.78 is 0. The molecule has 0 unspecified atom stereocenters. The Hall–Kier alpha value is 0.540. The molecule has 0 aromatic carbocycles. The Kier molecular flexibility index (Phi) is 4.58. The summed E-state index contributed by atoms with van der Waals surface area (Å²) in [4.78, 5) is 2.41. The van der Waals surface area contributed by atoms with Gasteiger partial charge in [-0.3, -0.25) is 4.90 Å². The zero-order valence-corrected chi connectivity index (χ0v) is 8.24. The predicted octanol–water partition coefficient (Wildman–Crippen LogP) is 2.32. The molecule has 66 valence electrons. The summed E-state index contributed by atoms with van der Waals surface area (Å²) in [6.07, 6.45) is 3.99. The standard InChI is InChI=1S/C8H15Cl2N/c9-6-8(7-10)11-4-2-1-3-5-11/h8H,1-7H2. The van der Waals surface area contributed by atoms with Gasteiger partial charge in [-0.05, 0) is 25.9 Å². The molecule has 0 saturated carbocycles. The van der Waals surface area contributed by atoms with E-state index in [1.165, 1.54) is 32.4 Å². The van der Waals surface area contributed by atoms with Gasteiger partial charge >= 0.3 is 0 Å². The molecule has 1 heterocycles. The molecule has 0 radical (unpaired) electrons. The second-order valence-electron chi connectivity index (χ2n) is 3.06. The zero-order valence-electron chi connectivity index (χ0n) is 6.73. The van der Waals surface area contributed by atoms with Crippen LogP contribution in [0.2, 0.25) is 0 Å². The van der Waals surface area contributed by atoms with Crippen LogP contribution >= 0.6 is 23.2 Å². The fourth-order valence-electron chi connectivity index (χ4n) is 1.52. The number of likely N-dealkylation sites (tertiary alicyclic amines) is 1. The lowest BCUT2D eigenvalue weighted by Gasteiger charge is -2.32. The maximum Gasteiger partial charge on any atom is 0.0391 e. The fourth-order valence-corrected chi connectivity index (χ4v) is 2.24. The van der Waals surface area contributed by atoms with E-state index in [-0.39, 0.29) is 0 Å². The second-order valence-corrected chi connectivity index (χ2v) is 3.68. The molecule has 0 aromatic rings. The van der Waals surface area contributed by atoms with E-state index in [2.05, 4.69) is 4.90 Å². The summed E-state index contributed by atoms with van der Waals surface area (Å²) in [6, 6.07) is 0.402. The highest BCUT2D eigenvalue weighted by Gasteiger charge is 2.18. The minimum atomic E-state index is 0.402. The van der Waals surface area contributed by atoms with Crippen LogP contribution in [-0.4, -0.2) is 35.8 Å². The highest BCUT2D eigenvalue weighted by atomic mass is 35.5. The van der Waals surface area contributed by atoms with Gasteiger partial charge in [0, 0.05) is 17.8 Å². The van der Waals surface area contributed by atoms with E-state index in [9.17, 15) is 0 Å². The average Bonchev–Trinajstić information content (AvgIpc) is 2.09.